The summed E-state index contributed by atoms with van der Waals surface area (Å²) in [6, 6.07) is 2.51. The molecule has 15 heteroatoms. The topological polar surface area (TPSA) is 131 Å². The average Bonchev–Trinajstić information content (AvgIpc) is 2.74. The first-order valence-corrected chi connectivity index (χ1v) is 9.89. The summed E-state index contributed by atoms with van der Waals surface area (Å²) in [6.07, 6.45) is -7.75. The molecule has 1 saturated heterocycles. The molecule has 2 heterocycles. The van der Waals surface area contributed by atoms with E-state index >= 15 is 0 Å². The highest BCUT2D eigenvalue weighted by molar-refractivity contribution is 5.73. The van der Waals surface area contributed by atoms with Gasteiger partial charge in [-0.1, -0.05) is 6.92 Å². The zero-order chi connectivity index (χ0) is 25.7. The molecule has 0 saturated carbocycles. The number of hydrogen-bond acceptors (Lipinski definition) is 7. The molecule has 1 aromatic heterocycles. The number of likely N-dealkylation sites (N-methyl/N-ethyl adjacent to an activating group) is 1. The van der Waals surface area contributed by atoms with Crippen molar-refractivity contribution >= 4 is 11.8 Å². The van der Waals surface area contributed by atoms with Crippen LogP contribution in [0.4, 0.5) is 32.2 Å². The Hall–Kier alpha value is -3.36. The zero-order valence-corrected chi connectivity index (χ0v) is 17.7. The van der Waals surface area contributed by atoms with Crippen LogP contribution < -0.4 is 10.9 Å². The van der Waals surface area contributed by atoms with Crippen LogP contribution in [-0.2, 0) is 11.0 Å². The fraction of sp³-hybridized carbons (Fsp3) is 0.474. The molecular formula is C19H21F6N5O4. The fourth-order valence-corrected chi connectivity index (χ4v) is 3.11. The predicted octanol–water partition coefficient (Wildman–Crippen LogP) is 3.09. The first-order valence-electron chi connectivity index (χ1n) is 9.89. The predicted molar refractivity (Wildman–Crippen MR) is 107 cm³/mol. The van der Waals surface area contributed by atoms with Crippen molar-refractivity contribution in [3.8, 4) is 17.1 Å². The molecular weight excluding hydrogens is 476 g/mol. The van der Waals surface area contributed by atoms with Gasteiger partial charge in [-0.2, -0.15) is 26.3 Å². The number of phenols is 1. The van der Waals surface area contributed by atoms with E-state index in [4.69, 9.17) is 9.90 Å². The van der Waals surface area contributed by atoms with E-state index in [-0.39, 0.29) is 23.2 Å². The highest BCUT2D eigenvalue weighted by atomic mass is 19.4. The number of alkyl halides is 6. The number of hydrogen-bond donors (Lipinski definition) is 4. The van der Waals surface area contributed by atoms with Crippen LogP contribution in [0.2, 0.25) is 0 Å². The molecule has 9 nitrogen and oxygen atoms in total. The van der Waals surface area contributed by atoms with Crippen molar-refractivity contribution in [2.24, 2.45) is 0 Å². The van der Waals surface area contributed by atoms with Crippen LogP contribution in [0.25, 0.3) is 11.4 Å². The number of aromatic amines is 1. The van der Waals surface area contributed by atoms with Crippen molar-refractivity contribution < 1.29 is 41.4 Å². The number of nitrogens with zero attached hydrogens (tertiary/aromatic N) is 3. The Labute approximate surface area is 188 Å². The van der Waals surface area contributed by atoms with E-state index in [1.165, 1.54) is 0 Å². The summed E-state index contributed by atoms with van der Waals surface area (Å²) in [4.78, 5) is 25.9. The molecule has 2 aromatic rings. The van der Waals surface area contributed by atoms with Crippen molar-refractivity contribution in [3.63, 3.8) is 0 Å². The Balaban J connectivity index is 0.000000509. The minimum atomic E-state index is -5.08. The van der Waals surface area contributed by atoms with E-state index in [1.54, 1.807) is 0 Å². The summed E-state index contributed by atoms with van der Waals surface area (Å²) in [6.45, 7) is 4.80. The molecule has 34 heavy (non-hydrogen) atoms. The van der Waals surface area contributed by atoms with Gasteiger partial charge in [0.05, 0.1) is 11.1 Å². The average molecular weight is 497 g/mol. The number of aliphatic carboxylic acids is 1. The molecule has 0 aliphatic carbocycles. The molecule has 1 atom stereocenters. The number of carbonyl (C=O) groups is 1. The number of H-pyrrole nitrogens is 1. The molecule has 3 rings (SSSR count). The Bertz CT molecular complexity index is 1060. The zero-order valence-electron chi connectivity index (χ0n) is 17.7. The quantitative estimate of drug-likeness (QED) is 0.474. The molecule has 0 unspecified atom stereocenters. The third-order valence-electron chi connectivity index (χ3n) is 4.81. The number of anilines is 1. The lowest BCUT2D eigenvalue weighted by molar-refractivity contribution is -0.192. The number of aromatic hydroxyl groups is 1. The Morgan fingerprint density at radius 3 is 2.38 bits per heavy atom. The van der Waals surface area contributed by atoms with Crippen molar-refractivity contribution in [1.82, 2.24) is 20.1 Å². The number of aromatic nitrogens is 3. The molecule has 0 spiro atoms. The minimum Gasteiger partial charge on any atom is -0.507 e. The molecule has 0 radical (unpaired) electrons. The van der Waals surface area contributed by atoms with Gasteiger partial charge in [-0.15, -0.1) is 10.2 Å². The highest BCUT2D eigenvalue weighted by Crippen LogP contribution is 2.35. The summed E-state index contributed by atoms with van der Waals surface area (Å²) < 4.78 is 69.8. The van der Waals surface area contributed by atoms with Gasteiger partial charge in [-0.05, 0) is 44.1 Å². The Morgan fingerprint density at radius 1 is 1.24 bits per heavy atom. The van der Waals surface area contributed by atoms with E-state index in [9.17, 15) is 36.2 Å². The SMILES string of the molecule is CCN1CCC[C@@H](Nc2nnc(-c3ccc(C(F)(F)F)cc3O)[nH]c2=O)C1.O=C(O)C(F)(F)F. The maximum atomic E-state index is 12.7. The van der Waals surface area contributed by atoms with Crippen LogP contribution in [0, 0.1) is 0 Å². The highest BCUT2D eigenvalue weighted by Gasteiger charge is 2.38. The maximum Gasteiger partial charge on any atom is 0.490 e. The molecule has 0 bridgehead atoms. The van der Waals surface area contributed by atoms with Gasteiger partial charge in [0, 0.05) is 12.6 Å². The van der Waals surface area contributed by atoms with Crippen molar-refractivity contribution in [2.75, 3.05) is 25.0 Å². The second-order valence-corrected chi connectivity index (χ2v) is 7.26. The standard InChI is InChI=1S/C17H20F3N5O2.C2HF3O2/c1-2-25-7-3-4-11(9-25)21-15-16(27)22-14(23-24-15)12-6-5-10(8-13(12)26)17(18,19)20;3-2(4,5)1(6)7/h5-6,8,11,26H,2-4,7,9H2,1H3,(H,21,24)(H,22,23,27);(H,6,7)/t11-;/m1./s1. The number of phenolic OH excluding ortho intramolecular Hbond substituents is 1. The number of benzene rings is 1. The maximum absolute atomic E-state index is 12.7. The number of likely N-dealkylation sites (tertiary alicyclic amines) is 1. The van der Waals surface area contributed by atoms with Crippen LogP contribution in [0.5, 0.6) is 5.75 Å². The molecule has 1 aromatic carbocycles. The van der Waals surface area contributed by atoms with Gasteiger partial charge in [-0.3, -0.25) is 4.79 Å². The number of rotatable bonds is 4. The summed E-state index contributed by atoms with van der Waals surface area (Å²) in [7, 11) is 0. The molecule has 1 fully saturated rings. The molecule has 1 aliphatic rings. The lowest BCUT2D eigenvalue weighted by Crippen LogP contribution is -2.42. The first-order chi connectivity index (χ1) is 15.7. The lowest BCUT2D eigenvalue weighted by atomic mass is 10.1. The van der Waals surface area contributed by atoms with Gasteiger partial charge in [-0.25, -0.2) is 4.79 Å². The van der Waals surface area contributed by atoms with Gasteiger partial charge < -0.3 is 25.4 Å². The third kappa shape index (κ3) is 7.33. The van der Waals surface area contributed by atoms with Crippen LogP contribution in [0.3, 0.4) is 0 Å². The minimum absolute atomic E-state index is 0.0334. The van der Waals surface area contributed by atoms with Gasteiger partial charge in [0.1, 0.15) is 5.75 Å². The smallest absolute Gasteiger partial charge is 0.490 e. The number of nitrogens with one attached hydrogen (secondary N) is 2. The number of carboxylic acid groups (broad SMARTS) is 1. The van der Waals surface area contributed by atoms with Crippen molar-refractivity contribution in [3.05, 3.63) is 34.1 Å². The van der Waals surface area contributed by atoms with Crippen LogP contribution in [0.15, 0.2) is 23.0 Å². The second-order valence-electron chi connectivity index (χ2n) is 7.26. The number of carboxylic acids is 1. The van der Waals surface area contributed by atoms with E-state index in [0.717, 1.165) is 44.6 Å². The molecule has 4 N–H and O–H groups in total. The molecule has 1 aliphatic heterocycles. The van der Waals surface area contributed by atoms with E-state index in [2.05, 4.69) is 32.3 Å². The summed E-state index contributed by atoms with van der Waals surface area (Å²) in [5, 5.41) is 27.8. The summed E-state index contributed by atoms with van der Waals surface area (Å²) in [5.41, 5.74) is -1.57. The van der Waals surface area contributed by atoms with Crippen molar-refractivity contribution in [2.45, 2.75) is 38.2 Å². The van der Waals surface area contributed by atoms with E-state index in [1.807, 2.05) is 0 Å². The van der Waals surface area contributed by atoms with Crippen LogP contribution in [0.1, 0.15) is 25.3 Å². The van der Waals surface area contributed by atoms with Gasteiger partial charge in [0.25, 0.3) is 5.56 Å². The second kappa shape index (κ2) is 10.7. The Morgan fingerprint density at radius 2 is 1.88 bits per heavy atom. The number of piperidine rings is 1. The van der Waals surface area contributed by atoms with Gasteiger partial charge in [0.15, 0.2) is 5.82 Å². The molecule has 0 amide bonds. The first kappa shape index (κ1) is 26.9. The van der Waals surface area contributed by atoms with Crippen molar-refractivity contribution in [1.29, 1.82) is 0 Å². The normalized spacial score (nSPS) is 17.0. The Kier molecular flexibility index (Phi) is 8.47. The number of halogens is 6. The monoisotopic (exact) mass is 497 g/mol. The van der Waals surface area contributed by atoms with Crippen LogP contribution >= 0.6 is 0 Å². The lowest BCUT2D eigenvalue weighted by Gasteiger charge is -2.32. The summed E-state index contributed by atoms with van der Waals surface area (Å²) >= 11 is 0. The van der Waals surface area contributed by atoms with Gasteiger partial charge in [0.2, 0.25) is 5.82 Å². The fourth-order valence-electron chi connectivity index (χ4n) is 3.11. The van der Waals surface area contributed by atoms with E-state index in [0.29, 0.717) is 6.07 Å². The van der Waals surface area contributed by atoms with Crippen LogP contribution in [-0.4, -0.2) is 68.1 Å². The third-order valence-corrected chi connectivity index (χ3v) is 4.81. The van der Waals surface area contributed by atoms with Gasteiger partial charge >= 0.3 is 18.3 Å². The molecule has 188 valence electrons. The summed E-state index contributed by atoms with van der Waals surface area (Å²) in [5.74, 6) is -3.45. The van der Waals surface area contributed by atoms with E-state index < -0.39 is 35.2 Å². The largest absolute Gasteiger partial charge is 0.507 e.